The topological polar surface area (TPSA) is 68.2 Å². The molecule has 0 spiro atoms. The van der Waals surface area contributed by atoms with Crippen LogP contribution in [0.25, 0.3) is 32.0 Å². The number of hydrogen-bond acceptors (Lipinski definition) is 7. The quantitative estimate of drug-likeness (QED) is 0.215. The van der Waals surface area contributed by atoms with Crippen LogP contribution in [-0.4, -0.2) is 51.4 Å². The number of hydrogen-bond donors (Lipinski definition) is 0. The number of aryl methyl sites for hydroxylation is 1. The van der Waals surface area contributed by atoms with Crippen LogP contribution in [-0.2, 0) is 9.53 Å². The smallest absolute Gasteiger partial charge is 0.163 e. The lowest BCUT2D eigenvalue weighted by molar-refractivity contribution is -0.138. The van der Waals surface area contributed by atoms with Crippen molar-refractivity contribution in [2.24, 2.45) is 0 Å². The van der Waals surface area contributed by atoms with Crippen molar-refractivity contribution < 1.29 is 9.53 Å². The molecule has 1 saturated carbocycles. The second-order valence-electron chi connectivity index (χ2n) is 12.3. The number of aromatic nitrogens is 3. The maximum absolute atomic E-state index is 13.0. The van der Waals surface area contributed by atoms with Crippen LogP contribution in [0.3, 0.4) is 0 Å². The number of fused-ring (bicyclic) bond motifs is 1. The van der Waals surface area contributed by atoms with E-state index < -0.39 is 11.7 Å². The van der Waals surface area contributed by atoms with Crippen molar-refractivity contribution in [3.63, 3.8) is 0 Å². The van der Waals surface area contributed by atoms with Gasteiger partial charge in [0.15, 0.2) is 5.78 Å². The highest BCUT2D eigenvalue weighted by molar-refractivity contribution is 7.22. The van der Waals surface area contributed by atoms with E-state index in [0.717, 1.165) is 74.7 Å². The zero-order chi connectivity index (χ0) is 29.5. The zero-order valence-electron chi connectivity index (χ0n) is 25.0. The number of thiazole rings is 1. The molecule has 4 aromatic rings. The highest BCUT2D eigenvalue weighted by atomic mass is 35.5. The third-order valence-corrected chi connectivity index (χ3v) is 9.21. The summed E-state index contributed by atoms with van der Waals surface area (Å²) in [6.45, 7) is 9.55. The molecule has 1 aliphatic carbocycles. The average Bonchev–Trinajstić information content (AvgIpc) is 3.35. The molecule has 5 rings (SSSR count). The van der Waals surface area contributed by atoms with Gasteiger partial charge in [0.2, 0.25) is 0 Å². The van der Waals surface area contributed by atoms with Crippen molar-refractivity contribution in [2.75, 3.05) is 14.1 Å². The minimum absolute atomic E-state index is 0.0354. The molecular weight excluding hydrogens is 552 g/mol. The van der Waals surface area contributed by atoms with Gasteiger partial charge >= 0.3 is 0 Å². The van der Waals surface area contributed by atoms with E-state index in [4.69, 9.17) is 26.3 Å². The van der Waals surface area contributed by atoms with Gasteiger partial charge in [-0.3, -0.25) is 4.79 Å². The number of carbonyl (C=O) groups excluding carboxylic acids is 1. The molecule has 0 unspecified atom stereocenters. The van der Waals surface area contributed by atoms with E-state index in [0.29, 0.717) is 17.0 Å². The van der Waals surface area contributed by atoms with Gasteiger partial charge in [0.25, 0.3) is 0 Å². The number of Topliss-reactive ketones (excluding diaryl/α,β-unsaturated/α-hetero) is 1. The summed E-state index contributed by atoms with van der Waals surface area (Å²) in [5.41, 5.74) is 4.97. The highest BCUT2D eigenvalue weighted by Gasteiger charge is 2.31. The van der Waals surface area contributed by atoms with Gasteiger partial charge in [-0.05, 0) is 110 Å². The zero-order valence-corrected chi connectivity index (χ0v) is 26.6. The molecule has 8 heteroatoms. The monoisotopic (exact) mass is 590 g/mol. The lowest BCUT2D eigenvalue weighted by Gasteiger charge is -2.31. The number of nitrogens with zero attached hydrogens (tertiary/aromatic N) is 4. The number of carbonyl (C=O) groups is 1. The van der Waals surface area contributed by atoms with Crippen molar-refractivity contribution in [2.45, 2.75) is 84.0 Å². The molecule has 6 nitrogen and oxygen atoms in total. The third-order valence-electron chi connectivity index (χ3n) is 7.85. The first-order valence-electron chi connectivity index (χ1n) is 14.3. The average molecular weight is 591 g/mol. The number of benzene rings is 2. The highest BCUT2D eigenvalue weighted by Crippen LogP contribution is 2.44. The number of halogens is 1. The Labute approximate surface area is 252 Å². The van der Waals surface area contributed by atoms with Gasteiger partial charge in [0.05, 0.1) is 15.8 Å². The van der Waals surface area contributed by atoms with Gasteiger partial charge < -0.3 is 9.64 Å². The Morgan fingerprint density at radius 1 is 1.07 bits per heavy atom. The summed E-state index contributed by atoms with van der Waals surface area (Å²) in [5.74, 6) is 1.24. The van der Waals surface area contributed by atoms with Crippen molar-refractivity contribution in [3.8, 4) is 21.8 Å². The van der Waals surface area contributed by atoms with Crippen molar-refractivity contribution in [3.05, 3.63) is 64.6 Å². The molecule has 0 radical (unpaired) electrons. The number of rotatable bonds is 7. The first kappa shape index (κ1) is 29.8. The molecule has 0 aliphatic heterocycles. The van der Waals surface area contributed by atoms with Gasteiger partial charge in [0, 0.05) is 34.3 Å². The molecule has 216 valence electrons. The number of ketones is 1. The Bertz CT molecular complexity index is 1550. The van der Waals surface area contributed by atoms with E-state index >= 15 is 0 Å². The van der Waals surface area contributed by atoms with Gasteiger partial charge in [-0.15, -0.1) is 11.3 Å². The molecule has 1 atom stereocenters. The second-order valence-corrected chi connectivity index (χ2v) is 13.8. The first-order chi connectivity index (χ1) is 19.4. The minimum Gasteiger partial charge on any atom is -0.360 e. The molecule has 1 aliphatic rings. The van der Waals surface area contributed by atoms with Crippen molar-refractivity contribution in [1.29, 1.82) is 0 Å². The summed E-state index contributed by atoms with van der Waals surface area (Å²) in [7, 11) is 4.32. The molecule has 1 fully saturated rings. The second kappa shape index (κ2) is 11.9. The Morgan fingerprint density at radius 3 is 2.37 bits per heavy atom. The van der Waals surface area contributed by atoms with Crippen LogP contribution in [0.5, 0.6) is 0 Å². The van der Waals surface area contributed by atoms with Crippen molar-refractivity contribution in [1.82, 2.24) is 19.9 Å². The SMILES string of the molecule is CC(=O)[C@@H](OC(C)(C)C)c1c(C)cc2nc(-c3ccnc(C4CCC(N(C)C)CC4)n3)sc2c1-c1ccc(Cl)cc1. The Hall–Kier alpha value is -2.71. The maximum Gasteiger partial charge on any atom is 0.163 e. The van der Waals surface area contributed by atoms with E-state index in [1.54, 1.807) is 18.3 Å². The summed E-state index contributed by atoms with van der Waals surface area (Å²) in [6, 6.07) is 12.4. The Morgan fingerprint density at radius 2 is 1.76 bits per heavy atom. The summed E-state index contributed by atoms with van der Waals surface area (Å²) >= 11 is 7.87. The van der Waals surface area contributed by atoms with Crippen molar-refractivity contribution >= 4 is 38.9 Å². The fourth-order valence-corrected chi connectivity index (χ4v) is 7.02. The van der Waals surface area contributed by atoms with E-state index in [1.807, 2.05) is 64.2 Å². The summed E-state index contributed by atoms with van der Waals surface area (Å²) in [6.07, 6.45) is 5.66. The Balaban J connectivity index is 1.62. The minimum atomic E-state index is -0.710. The Kier molecular flexibility index (Phi) is 8.63. The van der Waals surface area contributed by atoms with Gasteiger partial charge in [0.1, 0.15) is 22.6 Å². The molecule has 2 heterocycles. The molecule has 0 N–H and O–H groups in total. The number of ether oxygens (including phenoxy) is 1. The first-order valence-corrected chi connectivity index (χ1v) is 15.5. The standard InChI is InChI=1S/C33H39ClN4O2S/c1-19-18-26-30(28(21-8-12-23(34)13-9-21)27(19)29(20(2)39)40-33(3,4)5)41-32(37-26)25-16-17-35-31(36-25)22-10-14-24(15-11-22)38(6)7/h8-9,12-13,16-18,22,24,29H,10-11,14-15H2,1-7H3/t22?,24?,29-/m1/s1. The van der Waals surface area contributed by atoms with Gasteiger partial charge in [-0.2, -0.15) is 0 Å². The maximum atomic E-state index is 13.0. The van der Waals surface area contributed by atoms with Crippen LogP contribution < -0.4 is 0 Å². The van der Waals surface area contributed by atoms with Crippen LogP contribution in [0, 0.1) is 6.92 Å². The fraction of sp³-hybridized carbons (Fsp3) is 0.455. The van der Waals surface area contributed by atoms with Gasteiger partial charge in [-0.25, -0.2) is 15.0 Å². The van der Waals surface area contributed by atoms with E-state index in [2.05, 4.69) is 30.0 Å². The molecule has 41 heavy (non-hydrogen) atoms. The lowest BCUT2D eigenvalue weighted by Crippen LogP contribution is -2.31. The normalized spacial score (nSPS) is 18.7. The third kappa shape index (κ3) is 6.54. The summed E-state index contributed by atoms with van der Waals surface area (Å²) in [4.78, 5) is 30.1. The predicted molar refractivity (Wildman–Crippen MR) is 169 cm³/mol. The van der Waals surface area contributed by atoms with Gasteiger partial charge in [-0.1, -0.05) is 23.7 Å². The van der Waals surface area contributed by atoms with E-state index in [1.165, 1.54) is 0 Å². The lowest BCUT2D eigenvalue weighted by atomic mass is 9.85. The molecular formula is C33H39ClN4O2S. The van der Waals surface area contributed by atoms with Crippen LogP contribution in [0.15, 0.2) is 42.6 Å². The molecule has 2 aromatic carbocycles. The van der Waals surface area contributed by atoms with Crippen LogP contribution in [0.2, 0.25) is 5.02 Å². The molecule has 0 saturated heterocycles. The van der Waals surface area contributed by atoms with E-state index in [9.17, 15) is 4.79 Å². The molecule has 2 aromatic heterocycles. The van der Waals surface area contributed by atoms with Crippen LogP contribution >= 0.6 is 22.9 Å². The molecule has 0 amide bonds. The largest absolute Gasteiger partial charge is 0.360 e. The van der Waals surface area contributed by atoms with E-state index in [-0.39, 0.29) is 5.78 Å². The molecule has 0 bridgehead atoms. The summed E-state index contributed by atoms with van der Waals surface area (Å²) < 4.78 is 7.38. The van der Waals surface area contributed by atoms with Crippen LogP contribution in [0.1, 0.15) is 82.4 Å². The predicted octanol–water partition coefficient (Wildman–Crippen LogP) is 8.42. The summed E-state index contributed by atoms with van der Waals surface area (Å²) in [5, 5.41) is 1.50. The fourth-order valence-electron chi connectivity index (χ4n) is 5.80. The van der Waals surface area contributed by atoms with Crippen LogP contribution in [0.4, 0.5) is 0 Å².